The Labute approximate surface area is 173 Å². The predicted molar refractivity (Wildman–Crippen MR) is 117 cm³/mol. The van der Waals surface area contributed by atoms with Crippen LogP contribution < -0.4 is 15.8 Å². The molecule has 1 saturated heterocycles. The molecule has 148 valence electrons. The Balaban J connectivity index is 0.00000338. The zero-order valence-corrected chi connectivity index (χ0v) is 18.6. The first-order chi connectivity index (χ1) is 11.9. The number of rotatable bonds is 8. The maximum atomic E-state index is 12.2. The van der Waals surface area contributed by atoms with Gasteiger partial charge in [0.15, 0.2) is 5.96 Å². The molecule has 0 bridgehead atoms. The van der Waals surface area contributed by atoms with Crippen molar-refractivity contribution in [3.63, 3.8) is 0 Å². The van der Waals surface area contributed by atoms with Gasteiger partial charge in [0.1, 0.15) is 0 Å². The van der Waals surface area contributed by atoms with E-state index in [1.54, 1.807) is 24.3 Å². The number of aryl methyl sites for hydroxylation is 1. The van der Waals surface area contributed by atoms with Crippen LogP contribution in [-0.2, 0) is 10.0 Å². The van der Waals surface area contributed by atoms with Gasteiger partial charge in [-0.3, -0.25) is 9.89 Å². The minimum absolute atomic E-state index is 0. The van der Waals surface area contributed by atoms with E-state index < -0.39 is 10.0 Å². The van der Waals surface area contributed by atoms with Crippen LogP contribution in [0.4, 0.5) is 0 Å². The Kier molecular flexibility index (Phi) is 9.83. The van der Waals surface area contributed by atoms with Crippen molar-refractivity contribution in [3.8, 4) is 0 Å². The third-order valence-corrected chi connectivity index (χ3v) is 5.91. The van der Waals surface area contributed by atoms with E-state index in [1.807, 2.05) is 6.92 Å². The molecule has 0 saturated carbocycles. The number of hydrogen-bond acceptors (Lipinski definition) is 4. The van der Waals surface area contributed by atoms with Gasteiger partial charge in [0.25, 0.3) is 0 Å². The Bertz CT molecular complexity index is 679. The van der Waals surface area contributed by atoms with Crippen LogP contribution in [0.25, 0.3) is 0 Å². The molecule has 0 radical (unpaired) electrons. The van der Waals surface area contributed by atoms with E-state index in [1.165, 1.54) is 6.42 Å². The second-order valence-corrected chi connectivity index (χ2v) is 8.06. The lowest BCUT2D eigenvalue weighted by Gasteiger charge is -2.20. The fraction of sp³-hybridized carbons (Fsp3) is 0.588. The molecule has 0 spiro atoms. The Morgan fingerprint density at radius 3 is 2.65 bits per heavy atom. The highest BCUT2D eigenvalue weighted by molar-refractivity contribution is 14.0. The molecule has 9 heteroatoms. The van der Waals surface area contributed by atoms with E-state index in [2.05, 4.69) is 26.9 Å². The van der Waals surface area contributed by atoms with Gasteiger partial charge in [-0.2, -0.15) is 0 Å². The molecule has 1 aromatic carbocycles. The molecular weight excluding hydrogens is 465 g/mol. The largest absolute Gasteiger partial charge is 0.370 e. The van der Waals surface area contributed by atoms with Crippen molar-refractivity contribution < 1.29 is 8.42 Å². The lowest BCUT2D eigenvalue weighted by atomic mass is 10.2. The Morgan fingerprint density at radius 2 is 2.00 bits per heavy atom. The van der Waals surface area contributed by atoms with E-state index in [0.717, 1.165) is 25.1 Å². The van der Waals surface area contributed by atoms with Crippen molar-refractivity contribution in [1.29, 1.82) is 0 Å². The standard InChI is InChI=1S/C17H29N5O2S.HI/c1-3-22-12-4-5-15(22)13-20-17(18)19-10-11-21-25(23,24)16-8-6-14(2)7-9-16;/h6-9,15,21H,3-5,10-13H2,1-2H3,(H3,18,19,20);1H. The summed E-state index contributed by atoms with van der Waals surface area (Å²) in [5, 5.41) is 2.95. The number of halogens is 1. The predicted octanol–water partition coefficient (Wildman–Crippen LogP) is 1.28. The number of aliphatic imine (C=N–C) groups is 1. The maximum absolute atomic E-state index is 12.2. The summed E-state index contributed by atoms with van der Waals surface area (Å²) in [7, 11) is -3.49. The molecule has 0 aromatic heterocycles. The van der Waals surface area contributed by atoms with Crippen LogP contribution >= 0.6 is 24.0 Å². The average Bonchev–Trinajstić information content (AvgIpc) is 3.05. The molecular formula is C17H30IN5O2S. The highest BCUT2D eigenvalue weighted by Crippen LogP contribution is 2.16. The normalized spacial score (nSPS) is 18.5. The first kappa shape index (κ1) is 23.1. The number of hydrogen-bond donors (Lipinski definition) is 3. The lowest BCUT2D eigenvalue weighted by Crippen LogP contribution is -2.39. The van der Waals surface area contributed by atoms with Crippen LogP contribution in [0, 0.1) is 6.92 Å². The average molecular weight is 495 g/mol. The van der Waals surface area contributed by atoms with Gasteiger partial charge in [0, 0.05) is 19.1 Å². The Morgan fingerprint density at radius 1 is 1.31 bits per heavy atom. The summed E-state index contributed by atoms with van der Waals surface area (Å²) in [5.74, 6) is 0.359. The summed E-state index contributed by atoms with van der Waals surface area (Å²) in [6, 6.07) is 7.22. The molecule has 4 N–H and O–H groups in total. The topological polar surface area (TPSA) is 99.8 Å². The summed E-state index contributed by atoms with van der Waals surface area (Å²) >= 11 is 0. The van der Waals surface area contributed by atoms with E-state index in [4.69, 9.17) is 5.73 Å². The smallest absolute Gasteiger partial charge is 0.240 e. The number of guanidine groups is 1. The van der Waals surface area contributed by atoms with Gasteiger partial charge in [-0.25, -0.2) is 13.1 Å². The number of nitrogens with zero attached hydrogens (tertiary/aromatic N) is 2. The first-order valence-electron chi connectivity index (χ1n) is 8.76. The second-order valence-electron chi connectivity index (χ2n) is 6.29. The van der Waals surface area contributed by atoms with Gasteiger partial charge in [-0.15, -0.1) is 24.0 Å². The molecule has 2 rings (SSSR count). The SMILES string of the molecule is CCN1CCCC1CN=C(N)NCCNS(=O)(=O)c1ccc(C)cc1.I. The van der Waals surface area contributed by atoms with Crippen molar-refractivity contribution in [1.82, 2.24) is 14.9 Å². The molecule has 1 aliphatic rings. The van der Waals surface area contributed by atoms with E-state index in [9.17, 15) is 8.42 Å². The van der Waals surface area contributed by atoms with Crippen molar-refractivity contribution >= 4 is 40.0 Å². The Hall–Kier alpha value is -0.910. The van der Waals surface area contributed by atoms with Crippen LogP contribution in [0.2, 0.25) is 0 Å². The summed E-state index contributed by atoms with van der Waals surface area (Å²) in [5.41, 5.74) is 6.88. The van der Waals surface area contributed by atoms with E-state index in [0.29, 0.717) is 25.1 Å². The van der Waals surface area contributed by atoms with Crippen molar-refractivity contribution in [2.24, 2.45) is 10.7 Å². The fourth-order valence-electron chi connectivity index (χ4n) is 2.95. The van der Waals surface area contributed by atoms with Crippen molar-refractivity contribution in [2.75, 3.05) is 32.7 Å². The quantitative estimate of drug-likeness (QED) is 0.219. The van der Waals surface area contributed by atoms with Gasteiger partial charge >= 0.3 is 0 Å². The summed E-state index contributed by atoms with van der Waals surface area (Å²) < 4.78 is 26.9. The van der Waals surface area contributed by atoms with Gasteiger partial charge in [0.2, 0.25) is 10.0 Å². The van der Waals surface area contributed by atoms with Crippen LogP contribution in [0.3, 0.4) is 0 Å². The maximum Gasteiger partial charge on any atom is 0.240 e. The second kappa shape index (κ2) is 11.1. The molecule has 26 heavy (non-hydrogen) atoms. The number of likely N-dealkylation sites (N-methyl/N-ethyl adjacent to an activating group) is 1. The number of sulfonamides is 1. The van der Waals surface area contributed by atoms with Gasteiger partial charge in [0.05, 0.1) is 11.4 Å². The highest BCUT2D eigenvalue weighted by Gasteiger charge is 2.22. The van der Waals surface area contributed by atoms with E-state index >= 15 is 0 Å². The summed E-state index contributed by atoms with van der Waals surface area (Å²) in [6.07, 6.45) is 2.36. The number of nitrogens with one attached hydrogen (secondary N) is 2. The van der Waals surface area contributed by atoms with Gasteiger partial charge in [-0.05, 0) is 45.0 Å². The van der Waals surface area contributed by atoms with Crippen LogP contribution in [0.15, 0.2) is 34.2 Å². The van der Waals surface area contributed by atoms with Gasteiger partial charge < -0.3 is 11.1 Å². The minimum atomic E-state index is -3.49. The molecule has 1 aliphatic heterocycles. The summed E-state index contributed by atoms with van der Waals surface area (Å²) in [6.45, 7) is 7.56. The number of likely N-dealkylation sites (tertiary alicyclic amines) is 1. The molecule has 1 fully saturated rings. The third kappa shape index (κ3) is 7.01. The van der Waals surface area contributed by atoms with E-state index in [-0.39, 0.29) is 35.4 Å². The monoisotopic (exact) mass is 495 g/mol. The van der Waals surface area contributed by atoms with Crippen LogP contribution in [-0.4, -0.2) is 58.0 Å². The van der Waals surface area contributed by atoms with Crippen molar-refractivity contribution in [2.45, 2.75) is 37.6 Å². The zero-order chi connectivity index (χ0) is 18.3. The highest BCUT2D eigenvalue weighted by atomic mass is 127. The summed E-state index contributed by atoms with van der Waals surface area (Å²) in [4.78, 5) is 7.04. The van der Waals surface area contributed by atoms with Crippen LogP contribution in [0.5, 0.6) is 0 Å². The van der Waals surface area contributed by atoms with Gasteiger partial charge in [-0.1, -0.05) is 24.6 Å². The zero-order valence-electron chi connectivity index (χ0n) is 15.4. The number of benzene rings is 1. The molecule has 1 aromatic rings. The van der Waals surface area contributed by atoms with Crippen LogP contribution in [0.1, 0.15) is 25.3 Å². The van der Waals surface area contributed by atoms with Crippen molar-refractivity contribution in [3.05, 3.63) is 29.8 Å². The minimum Gasteiger partial charge on any atom is -0.370 e. The first-order valence-corrected chi connectivity index (χ1v) is 10.2. The molecule has 0 amide bonds. The fourth-order valence-corrected chi connectivity index (χ4v) is 3.99. The molecule has 1 atom stereocenters. The molecule has 1 unspecified atom stereocenters. The molecule has 7 nitrogen and oxygen atoms in total. The number of nitrogens with two attached hydrogens (primary N) is 1. The third-order valence-electron chi connectivity index (χ3n) is 4.43. The molecule has 0 aliphatic carbocycles. The lowest BCUT2D eigenvalue weighted by molar-refractivity contribution is 0.273. The molecule has 1 heterocycles.